The highest BCUT2D eigenvalue weighted by atomic mass is 35.5. The smallest absolute Gasteiger partial charge is 0.427 e. The molecule has 1 amide bonds. The van der Waals surface area contributed by atoms with E-state index >= 15 is 0 Å². The summed E-state index contributed by atoms with van der Waals surface area (Å²) in [5, 5.41) is 9.89. The van der Waals surface area contributed by atoms with Gasteiger partial charge in [-0.2, -0.15) is 5.01 Å². The number of halogens is 1. The van der Waals surface area contributed by atoms with Crippen LogP contribution in [0.3, 0.4) is 0 Å². The van der Waals surface area contributed by atoms with Crippen molar-refractivity contribution in [2.24, 2.45) is 4.99 Å². The Kier molecular flexibility index (Phi) is 2.70. The van der Waals surface area contributed by atoms with E-state index in [0.29, 0.717) is 5.84 Å². The molecule has 1 atom stereocenters. The third kappa shape index (κ3) is 1.59. The van der Waals surface area contributed by atoms with Crippen molar-refractivity contribution < 1.29 is 9.90 Å². The molecule has 1 aliphatic heterocycles. The SMILES string of the molecule is CN=C1NN(C(=O)O)C(Cl)c2ccccc21. The van der Waals surface area contributed by atoms with Gasteiger partial charge in [0.2, 0.25) is 0 Å². The summed E-state index contributed by atoms with van der Waals surface area (Å²) < 4.78 is 0. The summed E-state index contributed by atoms with van der Waals surface area (Å²) in [6, 6.07) is 7.30. The fourth-order valence-electron chi connectivity index (χ4n) is 1.61. The van der Waals surface area contributed by atoms with Crippen LogP contribution in [-0.4, -0.2) is 29.1 Å². The van der Waals surface area contributed by atoms with Crippen LogP contribution in [0.1, 0.15) is 16.6 Å². The molecule has 84 valence electrons. The Morgan fingerprint density at radius 2 is 2.25 bits per heavy atom. The van der Waals surface area contributed by atoms with Gasteiger partial charge in [-0.1, -0.05) is 35.9 Å². The number of carboxylic acid groups (broad SMARTS) is 1. The topological polar surface area (TPSA) is 64.9 Å². The monoisotopic (exact) mass is 239 g/mol. The van der Waals surface area contributed by atoms with E-state index in [0.717, 1.165) is 16.1 Å². The predicted octanol–water partition coefficient (Wildman–Crippen LogP) is 1.80. The first-order valence-electron chi connectivity index (χ1n) is 4.64. The van der Waals surface area contributed by atoms with Crippen LogP contribution in [0.15, 0.2) is 29.3 Å². The van der Waals surface area contributed by atoms with E-state index in [1.807, 2.05) is 18.2 Å². The molecule has 6 heteroatoms. The lowest BCUT2D eigenvalue weighted by Gasteiger charge is -2.32. The molecule has 0 bridgehead atoms. The van der Waals surface area contributed by atoms with Crippen LogP contribution in [0.2, 0.25) is 0 Å². The highest BCUT2D eigenvalue weighted by Crippen LogP contribution is 2.30. The molecule has 0 fully saturated rings. The molecule has 1 aliphatic rings. The third-order valence-corrected chi connectivity index (χ3v) is 2.79. The molecular formula is C10H10ClN3O2. The average molecular weight is 240 g/mol. The normalized spacial score (nSPS) is 21.5. The number of nitrogens with one attached hydrogen (secondary N) is 1. The number of hydrogen-bond acceptors (Lipinski definition) is 2. The van der Waals surface area contributed by atoms with Gasteiger partial charge in [-0.25, -0.2) is 4.79 Å². The van der Waals surface area contributed by atoms with Crippen LogP contribution in [0.5, 0.6) is 0 Å². The van der Waals surface area contributed by atoms with Gasteiger partial charge >= 0.3 is 6.09 Å². The quantitative estimate of drug-likeness (QED) is 0.536. The molecule has 0 radical (unpaired) electrons. The Morgan fingerprint density at radius 3 is 2.88 bits per heavy atom. The molecule has 1 aromatic carbocycles. The van der Waals surface area contributed by atoms with E-state index in [-0.39, 0.29) is 0 Å². The van der Waals surface area contributed by atoms with Gasteiger partial charge in [-0.05, 0) is 0 Å². The van der Waals surface area contributed by atoms with Crippen molar-refractivity contribution in [2.75, 3.05) is 7.05 Å². The van der Waals surface area contributed by atoms with E-state index in [9.17, 15) is 4.79 Å². The fourth-order valence-corrected chi connectivity index (χ4v) is 1.93. The molecule has 16 heavy (non-hydrogen) atoms. The van der Waals surface area contributed by atoms with Crippen LogP contribution in [-0.2, 0) is 0 Å². The van der Waals surface area contributed by atoms with Crippen LogP contribution in [0.4, 0.5) is 4.79 Å². The maximum Gasteiger partial charge on any atom is 0.427 e. The largest absolute Gasteiger partial charge is 0.464 e. The second kappa shape index (κ2) is 4.02. The molecule has 1 heterocycles. The number of aliphatic imine (C=N–C) groups is 1. The lowest BCUT2D eigenvalue weighted by Crippen LogP contribution is -2.50. The lowest BCUT2D eigenvalue weighted by molar-refractivity contribution is 0.125. The molecule has 1 aromatic rings. The van der Waals surface area contributed by atoms with Crippen LogP contribution >= 0.6 is 11.6 Å². The van der Waals surface area contributed by atoms with Crippen molar-refractivity contribution >= 4 is 23.5 Å². The number of benzene rings is 1. The summed E-state index contributed by atoms with van der Waals surface area (Å²) in [6.45, 7) is 0. The Bertz CT molecular complexity index is 461. The second-order valence-electron chi connectivity index (χ2n) is 3.26. The number of hydrogen-bond donors (Lipinski definition) is 2. The van der Waals surface area contributed by atoms with Gasteiger partial charge in [0.15, 0.2) is 5.50 Å². The molecule has 2 N–H and O–H groups in total. The first-order valence-corrected chi connectivity index (χ1v) is 5.07. The highest BCUT2D eigenvalue weighted by Gasteiger charge is 2.31. The third-order valence-electron chi connectivity index (χ3n) is 2.36. The Hall–Kier alpha value is -1.75. The maximum atomic E-state index is 11.0. The Labute approximate surface area is 97.3 Å². The first-order chi connectivity index (χ1) is 7.65. The number of amidine groups is 1. The Morgan fingerprint density at radius 1 is 1.56 bits per heavy atom. The average Bonchev–Trinajstić information content (AvgIpc) is 2.29. The highest BCUT2D eigenvalue weighted by molar-refractivity contribution is 6.23. The van der Waals surface area contributed by atoms with Crippen molar-refractivity contribution in [3.63, 3.8) is 0 Å². The van der Waals surface area contributed by atoms with Crippen molar-refractivity contribution in [1.29, 1.82) is 0 Å². The van der Waals surface area contributed by atoms with Crippen molar-refractivity contribution in [3.05, 3.63) is 35.4 Å². The fraction of sp³-hybridized carbons (Fsp3) is 0.200. The number of amides is 1. The molecule has 0 aromatic heterocycles. The van der Waals surface area contributed by atoms with Gasteiger partial charge in [0.25, 0.3) is 0 Å². The number of nitrogens with zero attached hydrogens (tertiary/aromatic N) is 2. The van der Waals surface area contributed by atoms with E-state index < -0.39 is 11.6 Å². The summed E-state index contributed by atoms with van der Waals surface area (Å²) in [6.07, 6.45) is -1.14. The Balaban J connectivity index is 2.53. The first kappa shape index (κ1) is 10.8. The van der Waals surface area contributed by atoms with Crippen LogP contribution < -0.4 is 5.43 Å². The second-order valence-corrected chi connectivity index (χ2v) is 3.67. The lowest BCUT2D eigenvalue weighted by atomic mass is 10.0. The van der Waals surface area contributed by atoms with Crippen LogP contribution in [0.25, 0.3) is 0 Å². The number of alkyl halides is 1. The summed E-state index contributed by atoms with van der Waals surface area (Å²) in [7, 11) is 1.59. The van der Waals surface area contributed by atoms with Crippen molar-refractivity contribution in [3.8, 4) is 0 Å². The minimum Gasteiger partial charge on any atom is -0.464 e. The zero-order chi connectivity index (χ0) is 11.7. The van der Waals surface area contributed by atoms with Gasteiger partial charge in [-0.15, -0.1) is 0 Å². The van der Waals surface area contributed by atoms with Crippen LogP contribution in [0, 0.1) is 0 Å². The summed E-state index contributed by atoms with van der Waals surface area (Å²) in [4.78, 5) is 15.0. The molecule has 1 unspecified atom stereocenters. The van der Waals surface area contributed by atoms with Gasteiger partial charge in [0, 0.05) is 18.2 Å². The molecule has 5 nitrogen and oxygen atoms in total. The molecule has 0 spiro atoms. The molecule has 2 rings (SSSR count). The molecule has 0 saturated carbocycles. The van der Waals surface area contributed by atoms with E-state index in [1.165, 1.54) is 0 Å². The molecular weight excluding hydrogens is 230 g/mol. The predicted molar refractivity (Wildman–Crippen MR) is 60.5 cm³/mol. The minimum atomic E-state index is -1.14. The van der Waals surface area contributed by atoms with E-state index in [1.54, 1.807) is 13.1 Å². The molecule has 0 saturated heterocycles. The number of hydrazine groups is 1. The summed E-state index contributed by atoms with van der Waals surface area (Å²) in [5.41, 5.74) is 3.46. The van der Waals surface area contributed by atoms with E-state index in [2.05, 4.69) is 10.4 Å². The summed E-state index contributed by atoms with van der Waals surface area (Å²) in [5.74, 6) is 0.495. The molecule has 0 aliphatic carbocycles. The van der Waals surface area contributed by atoms with Gasteiger partial charge in [-0.3, -0.25) is 10.4 Å². The van der Waals surface area contributed by atoms with Crippen molar-refractivity contribution in [1.82, 2.24) is 10.4 Å². The number of carbonyl (C=O) groups is 1. The van der Waals surface area contributed by atoms with Gasteiger partial charge < -0.3 is 5.11 Å². The number of rotatable bonds is 0. The van der Waals surface area contributed by atoms with Gasteiger partial charge in [0.05, 0.1) is 0 Å². The minimum absolute atomic E-state index is 0.495. The van der Waals surface area contributed by atoms with Gasteiger partial charge in [0.1, 0.15) is 5.84 Å². The summed E-state index contributed by atoms with van der Waals surface area (Å²) >= 11 is 6.06. The van der Waals surface area contributed by atoms with E-state index in [4.69, 9.17) is 16.7 Å². The standard InChI is InChI=1S/C10H10ClN3O2/c1-12-9-7-5-3-2-4-6(7)8(11)14(13-9)10(15)16/h2-5,8H,1H3,(H,12,13)(H,15,16). The van der Waals surface area contributed by atoms with Crippen molar-refractivity contribution in [2.45, 2.75) is 5.50 Å². The maximum absolute atomic E-state index is 11.0. The zero-order valence-electron chi connectivity index (χ0n) is 8.51. The zero-order valence-corrected chi connectivity index (χ0v) is 9.27. The number of fused-ring (bicyclic) bond motifs is 1.